The molecule has 0 aromatic heterocycles. The predicted molar refractivity (Wildman–Crippen MR) is 84.1 cm³/mol. The van der Waals surface area contributed by atoms with E-state index in [1.54, 1.807) is 0 Å². The van der Waals surface area contributed by atoms with E-state index in [9.17, 15) is 8.42 Å². The van der Waals surface area contributed by atoms with Gasteiger partial charge in [-0.3, -0.25) is 0 Å². The van der Waals surface area contributed by atoms with Gasteiger partial charge in [-0.05, 0) is 18.6 Å². The number of nitrogens with zero attached hydrogens (tertiary/aromatic N) is 3. The van der Waals surface area contributed by atoms with Crippen molar-refractivity contribution < 1.29 is 8.42 Å². The summed E-state index contributed by atoms with van der Waals surface area (Å²) in [6.07, 6.45) is 0.894. The molecular formula is C14H22N4O2S. The van der Waals surface area contributed by atoms with Crippen LogP contribution in [0.25, 0.3) is 0 Å². The van der Waals surface area contributed by atoms with E-state index in [2.05, 4.69) is 9.62 Å². The molecule has 0 fully saturated rings. The first-order valence-corrected chi connectivity index (χ1v) is 8.25. The zero-order valence-electron chi connectivity index (χ0n) is 12.5. The molecule has 6 nitrogen and oxygen atoms in total. The molecule has 0 radical (unpaired) electrons. The van der Waals surface area contributed by atoms with Gasteiger partial charge in [0.1, 0.15) is 0 Å². The van der Waals surface area contributed by atoms with Crippen molar-refractivity contribution in [2.24, 2.45) is 0 Å². The molecule has 1 rings (SSSR count). The SMILES string of the molecule is CN(CCCNS(=O)(=O)N(C)CCC#N)c1ccccc1. The average Bonchev–Trinajstić information content (AvgIpc) is 2.49. The maximum atomic E-state index is 11.8. The second-order valence-electron chi connectivity index (χ2n) is 4.74. The van der Waals surface area contributed by atoms with Gasteiger partial charge in [-0.15, -0.1) is 0 Å². The third kappa shape index (κ3) is 6.12. The number of nitriles is 1. The van der Waals surface area contributed by atoms with Gasteiger partial charge in [0, 0.05) is 45.8 Å². The van der Waals surface area contributed by atoms with Gasteiger partial charge in [0.2, 0.25) is 0 Å². The molecule has 0 aliphatic heterocycles. The number of rotatable bonds is 9. The number of hydrogen-bond acceptors (Lipinski definition) is 4. The molecule has 0 aliphatic carbocycles. The standard InChI is InChI=1S/C14H22N4O2S/c1-17(14-8-4-3-5-9-14)12-7-11-16-21(19,20)18(2)13-6-10-15/h3-5,8-9,16H,6-7,11-13H2,1-2H3. The summed E-state index contributed by atoms with van der Waals surface area (Å²) < 4.78 is 27.4. The first-order valence-electron chi connectivity index (χ1n) is 6.81. The van der Waals surface area contributed by atoms with Crippen molar-refractivity contribution in [3.63, 3.8) is 0 Å². The molecule has 21 heavy (non-hydrogen) atoms. The summed E-state index contributed by atoms with van der Waals surface area (Å²) in [5.41, 5.74) is 1.10. The van der Waals surface area contributed by atoms with Crippen molar-refractivity contribution in [3.05, 3.63) is 30.3 Å². The van der Waals surface area contributed by atoms with Crippen LogP contribution in [0, 0.1) is 11.3 Å². The third-order valence-corrected chi connectivity index (χ3v) is 4.67. The van der Waals surface area contributed by atoms with Crippen molar-refractivity contribution in [2.45, 2.75) is 12.8 Å². The smallest absolute Gasteiger partial charge is 0.279 e. The Morgan fingerprint density at radius 2 is 1.86 bits per heavy atom. The highest BCUT2D eigenvalue weighted by Crippen LogP contribution is 2.10. The molecular weight excluding hydrogens is 288 g/mol. The van der Waals surface area contributed by atoms with Crippen LogP contribution in [0.2, 0.25) is 0 Å². The molecule has 0 spiro atoms. The minimum absolute atomic E-state index is 0.189. The summed E-state index contributed by atoms with van der Waals surface area (Å²) >= 11 is 0. The topological polar surface area (TPSA) is 76.4 Å². The number of hydrogen-bond donors (Lipinski definition) is 1. The van der Waals surface area contributed by atoms with Crippen LogP contribution in [0.15, 0.2) is 30.3 Å². The van der Waals surface area contributed by atoms with Crippen LogP contribution in [0.3, 0.4) is 0 Å². The van der Waals surface area contributed by atoms with Crippen LogP contribution in [0.4, 0.5) is 5.69 Å². The van der Waals surface area contributed by atoms with Gasteiger partial charge in [-0.2, -0.15) is 18.0 Å². The highest BCUT2D eigenvalue weighted by molar-refractivity contribution is 7.87. The Hall–Kier alpha value is -1.62. The van der Waals surface area contributed by atoms with Crippen molar-refractivity contribution in [1.29, 1.82) is 5.26 Å². The largest absolute Gasteiger partial charge is 0.375 e. The monoisotopic (exact) mass is 310 g/mol. The third-order valence-electron chi connectivity index (χ3n) is 3.10. The molecule has 0 atom stereocenters. The fourth-order valence-electron chi connectivity index (χ4n) is 1.77. The number of nitrogens with one attached hydrogen (secondary N) is 1. The maximum absolute atomic E-state index is 11.8. The van der Waals surface area contributed by atoms with E-state index >= 15 is 0 Å². The lowest BCUT2D eigenvalue weighted by Crippen LogP contribution is -2.39. The van der Waals surface area contributed by atoms with Crippen LogP contribution >= 0.6 is 0 Å². The minimum atomic E-state index is -3.48. The van der Waals surface area contributed by atoms with Gasteiger partial charge >= 0.3 is 0 Å². The molecule has 0 amide bonds. The first kappa shape index (κ1) is 17.4. The average molecular weight is 310 g/mol. The van der Waals surface area contributed by atoms with Crippen molar-refractivity contribution in [1.82, 2.24) is 9.03 Å². The summed E-state index contributed by atoms with van der Waals surface area (Å²) in [5.74, 6) is 0. The Bertz CT molecular complexity index is 554. The van der Waals surface area contributed by atoms with Crippen LogP contribution in [-0.2, 0) is 10.2 Å². The van der Waals surface area contributed by atoms with Gasteiger partial charge in [0.15, 0.2) is 0 Å². The summed E-state index contributed by atoms with van der Waals surface area (Å²) in [7, 11) is -0.0383. The molecule has 0 saturated carbocycles. The van der Waals surface area contributed by atoms with Crippen LogP contribution < -0.4 is 9.62 Å². The fourth-order valence-corrected chi connectivity index (χ4v) is 2.72. The Labute approximate surface area is 127 Å². The van der Waals surface area contributed by atoms with Gasteiger partial charge in [0.05, 0.1) is 6.07 Å². The number of para-hydroxylation sites is 1. The van der Waals surface area contributed by atoms with Crippen LogP contribution in [0.5, 0.6) is 0 Å². The lowest BCUT2D eigenvalue weighted by Gasteiger charge is -2.20. The molecule has 1 aromatic carbocycles. The zero-order valence-corrected chi connectivity index (χ0v) is 13.3. The molecule has 1 aromatic rings. The van der Waals surface area contributed by atoms with Crippen molar-refractivity contribution >= 4 is 15.9 Å². The van der Waals surface area contributed by atoms with Gasteiger partial charge in [0.25, 0.3) is 10.2 Å². The van der Waals surface area contributed by atoms with E-state index in [0.717, 1.165) is 16.5 Å². The van der Waals surface area contributed by atoms with E-state index in [0.29, 0.717) is 13.0 Å². The molecule has 1 N–H and O–H groups in total. The summed E-state index contributed by atoms with van der Waals surface area (Å²) in [6.45, 7) is 1.33. The second kappa shape index (κ2) is 8.62. The second-order valence-corrected chi connectivity index (χ2v) is 6.60. The lowest BCUT2D eigenvalue weighted by molar-refractivity contribution is 0.463. The summed E-state index contributed by atoms with van der Waals surface area (Å²) in [6, 6.07) is 11.9. The van der Waals surface area contributed by atoms with Crippen LogP contribution in [-0.4, -0.2) is 46.5 Å². The van der Waals surface area contributed by atoms with Crippen molar-refractivity contribution in [2.75, 3.05) is 38.6 Å². The molecule has 0 unspecified atom stereocenters. The van der Waals surface area contributed by atoms with E-state index in [-0.39, 0.29) is 13.0 Å². The van der Waals surface area contributed by atoms with Gasteiger partial charge < -0.3 is 4.90 Å². The van der Waals surface area contributed by atoms with Gasteiger partial charge in [-0.1, -0.05) is 18.2 Å². The highest BCUT2D eigenvalue weighted by Gasteiger charge is 2.15. The Morgan fingerprint density at radius 3 is 2.48 bits per heavy atom. The highest BCUT2D eigenvalue weighted by atomic mass is 32.2. The molecule has 116 valence electrons. The van der Waals surface area contributed by atoms with Crippen LogP contribution in [0.1, 0.15) is 12.8 Å². The normalized spacial score (nSPS) is 11.3. The van der Waals surface area contributed by atoms with E-state index in [1.807, 2.05) is 43.4 Å². The summed E-state index contributed by atoms with van der Waals surface area (Å²) in [5, 5.41) is 8.47. The van der Waals surface area contributed by atoms with E-state index in [4.69, 9.17) is 5.26 Å². The molecule has 0 aliphatic rings. The number of benzene rings is 1. The van der Waals surface area contributed by atoms with E-state index < -0.39 is 10.2 Å². The molecule has 7 heteroatoms. The minimum Gasteiger partial charge on any atom is -0.375 e. The van der Waals surface area contributed by atoms with Gasteiger partial charge in [-0.25, -0.2) is 4.72 Å². The Balaban J connectivity index is 2.32. The first-order chi connectivity index (χ1) is 9.97. The lowest BCUT2D eigenvalue weighted by atomic mass is 10.3. The maximum Gasteiger partial charge on any atom is 0.279 e. The molecule has 0 heterocycles. The zero-order chi connectivity index (χ0) is 15.7. The fraction of sp³-hybridized carbons (Fsp3) is 0.500. The number of anilines is 1. The Kier molecular flexibility index (Phi) is 7.15. The Morgan fingerprint density at radius 1 is 1.19 bits per heavy atom. The summed E-state index contributed by atoms with van der Waals surface area (Å²) in [4.78, 5) is 2.08. The molecule has 0 saturated heterocycles. The molecule has 0 bridgehead atoms. The van der Waals surface area contributed by atoms with Crippen molar-refractivity contribution in [3.8, 4) is 6.07 Å². The quantitative estimate of drug-likeness (QED) is 0.695. The predicted octanol–water partition coefficient (Wildman–Crippen LogP) is 1.19. The van der Waals surface area contributed by atoms with E-state index in [1.165, 1.54) is 7.05 Å².